The minimum Gasteiger partial charge on any atom is -0.486 e. The van der Waals surface area contributed by atoms with Gasteiger partial charge in [-0.25, -0.2) is 4.98 Å². The molecule has 2 aromatic carbocycles. The van der Waals surface area contributed by atoms with E-state index < -0.39 is 12.0 Å². The van der Waals surface area contributed by atoms with Crippen LogP contribution in [-0.4, -0.2) is 53.2 Å². The lowest BCUT2D eigenvalue weighted by Crippen LogP contribution is -2.40. The SMILES string of the molecule is O=C(CN1CCC(Cn2c(C(F)(F)F)nc3ccccc32)CC1)Nc1ccc2c(c1)OCCO2. The van der Waals surface area contributed by atoms with Crippen LogP contribution in [-0.2, 0) is 17.5 Å². The number of ether oxygens (including phenoxy) is 2. The molecular formula is C24H25F3N4O3. The standard InChI is InChI=1S/C24H25F3N4O3/c25-24(26,27)23-29-18-3-1-2-4-19(18)31(23)14-16-7-9-30(10-8-16)15-22(32)28-17-5-6-20-21(13-17)34-12-11-33-20/h1-6,13,16H,7-12,14-15H2,(H,28,32). The highest BCUT2D eigenvalue weighted by atomic mass is 19.4. The summed E-state index contributed by atoms with van der Waals surface area (Å²) in [6.07, 6.45) is -3.09. The molecule has 34 heavy (non-hydrogen) atoms. The number of aromatic nitrogens is 2. The van der Waals surface area contributed by atoms with E-state index in [1.165, 1.54) is 4.57 Å². The summed E-state index contributed by atoms with van der Waals surface area (Å²) in [5.41, 5.74) is 1.48. The Hall–Kier alpha value is -3.27. The number of fused-ring (bicyclic) bond motifs is 2. The van der Waals surface area contributed by atoms with E-state index in [0.717, 1.165) is 0 Å². The van der Waals surface area contributed by atoms with E-state index in [2.05, 4.69) is 10.3 Å². The number of carbonyl (C=O) groups excluding carboxylic acids is 1. The summed E-state index contributed by atoms with van der Waals surface area (Å²) >= 11 is 0. The van der Waals surface area contributed by atoms with E-state index in [1.807, 2.05) is 4.90 Å². The molecule has 180 valence electrons. The van der Waals surface area contributed by atoms with Gasteiger partial charge in [-0.15, -0.1) is 0 Å². The summed E-state index contributed by atoms with van der Waals surface area (Å²) in [5, 5.41) is 2.88. The van der Waals surface area contributed by atoms with E-state index in [4.69, 9.17) is 9.47 Å². The predicted octanol–water partition coefficient (Wildman–Crippen LogP) is 4.18. The van der Waals surface area contributed by atoms with Crippen molar-refractivity contribution in [3.05, 3.63) is 48.3 Å². The van der Waals surface area contributed by atoms with Crippen molar-refractivity contribution >= 4 is 22.6 Å². The Morgan fingerprint density at radius 2 is 1.79 bits per heavy atom. The number of piperidine rings is 1. The van der Waals surface area contributed by atoms with Crippen LogP contribution in [0.1, 0.15) is 18.7 Å². The average Bonchev–Trinajstić information content (AvgIpc) is 3.19. The van der Waals surface area contributed by atoms with E-state index in [0.29, 0.717) is 67.4 Å². The largest absolute Gasteiger partial charge is 0.486 e. The van der Waals surface area contributed by atoms with Crippen molar-refractivity contribution < 1.29 is 27.4 Å². The number of rotatable bonds is 5. The molecule has 7 nitrogen and oxygen atoms in total. The Morgan fingerprint density at radius 3 is 2.56 bits per heavy atom. The lowest BCUT2D eigenvalue weighted by atomic mass is 9.96. The first-order chi connectivity index (χ1) is 16.4. The Kier molecular flexibility index (Phi) is 6.07. The molecule has 5 rings (SSSR count). The monoisotopic (exact) mass is 474 g/mol. The maximum Gasteiger partial charge on any atom is 0.449 e. The molecule has 0 saturated carbocycles. The zero-order chi connectivity index (χ0) is 23.7. The minimum atomic E-state index is -4.51. The van der Waals surface area contributed by atoms with Gasteiger partial charge in [0.15, 0.2) is 11.5 Å². The first-order valence-corrected chi connectivity index (χ1v) is 11.3. The number of amides is 1. The fraction of sp³-hybridized carbons (Fsp3) is 0.417. The second kappa shape index (κ2) is 9.17. The van der Waals surface area contributed by atoms with E-state index in [9.17, 15) is 18.0 Å². The van der Waals surface area contributed by atoms with Crippen LogP contribution in [0.3, 0.4) is 0 Å². The molecule has 1 amide bonds. The number of likely N-dealkylation sites (tertiary alicyclic amines) is 1. The molecule has 0 aliphatic carbocycles. The number of carbonyl (C=O) groups is 1. The third-order valence-corrected chi connectivity index (χ3v) is 6.25. The van der Waals surface area contributed by atoms with Crippen LogP contribution in [0, 0.1) is 5.92 Å². The molecule has 1 saturated heterocycles. The zero-order valence-corrected chi connectivity index (χ0v) is 18.5. The minimum absolute atomic E-state index is 0.0795. The molecule has 0 spiro atoms. The zero-order valence-electron chi connectivity index (χ0n) is 18.5. The van der Waals surface area contributed by atoms with Gasteiger partial charge in [0, 0.05) is 18.3 Å². The van der Waals surface area contributed by atoms with Gasteiger partial charge in [-0.3, -0.25) is 9.69 Å². The molecule has 3 heterocycles. The number of alkyl halides is 3. The Balaban J connectivity index is 1.17. The lowest BCUT2D eigenvalue weighted by Gasteiger charge is -2.32. The highest BCUT2D eigenvalue weighted by molar-refractivity contribution is 5.92. The van der Waals surface area contributed by atoms with Crippen molar-refractivity contribution in [1.82, 2.24) is 14.5 Å². The van der Waals surface area contributed by atoms with Crippen molar-refractivity contribution in [3.63, 3.8) is 0 Å². The molecule has 0 atom stereocenters. The predicted molar refractivity (Wildman–Crippen MR) is 120 cm³/mol. The van der Waals surface area contributed by atoms with Crippen LogP contribution < -0.4 is 14.8 Å². The summed E-state index contributed by atoms with van der Waals surface area (Å²) in [6.45, 7) is 2.75. The molecule has 2 aliphatic rings. The van der Waals surface area contributed by atoms with Gasteiger partial charge in [-0.1, -0.05) is 12.1 Å². The number of halogens is 3. The number of imidazole rings is 1. The second-order valence-electron chi connectivity index (χ2n) is 8.66. The third kappa shape index (κ3) is 4.82. The van der Waals surface area contributed by atoms with Crippen LogP contribution in [0.25, 0.3) is 11.0 Å². The lowest BCUT2D eigenvalue weighted by molar-refractivity contribution is -0.147. The molecule has 1 fully saturated rings. The van der Waals surface area contributed by atoms with E-state index >= 15 is 0 Å². The number of benzene rings is 2. The fourth-order valence-electron chi connectivity index (χ4n) is 4.59. The summed E-state index contributed by atoms with van der Waals surface area (Å²) < 4.78 is 53.0. The highest BCUT2D eigenvalue weighted by Gasteiger charge is 2.38. The van der Waals surface area contributed by atoms with Gasteiger partial charge < -0.3 is 19.4 Å². The van der Waals surface area contributed by atoms with Gasteiger partial charge in [0.2, 0.25) is 11.7 Å². The molecular weight excluding hydrogens is 449 g/mol. The van der Waals surface area contributed by atoms with Gasteiger partial charge in [0.05, 0.1) is 17.6 Å². The van der Waals surface area contributed by atoms with Crippen LogP contribution >= 0.6 is 0 Å². The Bertz CT molecular complexity index is 1190. The number of para-hydroxylation sites is 2. The van der Waals surface area contributed by atoms with Crippen molar-refractivity contribution in [2.24, 2.45) is 5.92 Å². The number of hydrogen-bond acceptors (Lipinski definition) is 5. The molecule has 2 aliphatic heterocycles. The van der Waals surface area contributed by atoms with E-state index in [1.54, 1.807) is 42.5 Å². The molecule has 0 unspecified atom stereocenters. The van der Waals surface area contributed by atoms with Gasteiger partial charge in [0.25, 0.3) is 0 Å². The summed E-state index contributed by atoms with van der Waals surface area (Å²) in [7, 11) is 0. The first-order valence-electron chi connectivity index (χ1n) is 11.3. The molecule has 3 aromatic rings. The number of hydrogen-bond donors (Lipinski definition) is 1. The molecule has 10 heteroatoms. The number of anilines is 1. The Labute approximate surface area is 194 Å². The van der Waals surface area contributed by atoms with Crippen LogP contribution in [0.2, 0.25) is 0 Å². The van der Waals surface area contributed by atoms with Crippen molar-refractivity contribution in [2.75, 3.05) is 38.2 Å². The maximum atomic E-state index is 13.6. The van der Waals surface area contributed by atoms with Gasteiger partial charge in [0.1, 0.15) is 13.2 Å². The Morgan fingerprint density at radius 1 is 1.06 bits per heavy atom. The number of nitrogens with one attached hydrogen (secondary N) is 1. The van der Waals surface area contributed by atoms with Crippen molar-refractivity contribution in [2.45, 2.75) is 25.6 Å². The van der Waals surface area contributed by atoms with Gasteiger partial charge in [-0.05, 0) is 56.1 Å². The normalized spacial score (nSPS) is 17.1. The highest BCUT2D eigenvalue weighted by Crippen LogP contribution is 2.34. The van der Waals surface area contributed by atoms with Gasteiger partial charge in [-0.2, -0.15) is 13.2 Å². The summed E-state index contributed by atoms with van der Waals surface area (Å²) in [6, 6.07) is 12.0. The maximum absolute atomic E-state index is 13.6. The fourth-order valence-corrected chi connectivity index (χ4v) is 4.59. The van der Waals surface area contributed by atoms with Crippen LogP contribution in [0.15, 0.2) is 42.5 Å². The van der Waals surface area contributed by atoms with Crippen LogP contribution in [0.4, 0.5) is 18.9 Å². The van der Waals surface area contributed by atoms with Crippen LogP contribution in [0.5, 0.6) is 11.5 Å². The molecule has 0 radical (unpaired) electrons. The average molecular weight is 474 g/mol. The van der Waals surface area contributed by atoms with Crippen molar-refractivity contribution in [1.29, 1.82) is 0 Å². The topological polar surface area (TPSA) is 68.6 Å². The number of nitrogens with zero attached hydrogens (tertiary/aromatic N) is 3. The summed E-state index contributed by atoms with van der Waals surface area (Å²) in [4.78, 5) is 18.4. The van der Waals surface area contributed by atoms with Gasteiger partial charge >= 0.3 is 6.18 Å². The quantitative estimate of drug-likeness (QED) is 0.601. The third-order valence-electron chi connectivity index (χ3n) is 6.25. The van der Waals surface area contributed by atoms with Crippen molar-refractivity contribution in [3.8, 4) is 11.5 Å². The molecule has 1 aromatic heterocycles. The molecule has 0 bridgehead atoms. The summed E-state index contributed by atoms with van der Waals surface area (Å²) in [5.74, 6) is 0.349. The smallest absolute Gasteiger partial charge is 0.449 e. The second-order valence-corrected chi connectivity index (χ2v) is 8.66. The first kappa shape index (κ1) is 22.5. The van der Waals surface area contributed by atoms with E-state index in [-0.39, 0.29) is 24.9 Å². The molecule has 1 N–H and O–H groups in total.